The van der Waals surface area contributed by atoms with Gasteiger partial charge in [-0.3, -0.25) is 0 Å². The van der Waals surface area contributed by atoms with E-state index in [0.29, 0.717) is 0 Å². The van der Waals surface area contributed by atoms with Crippen molar-refractivity contribution >= 4 is 33.5 Å². The van der Waals surface area contributed by atoms with Crippen LogP contribution in [0.5, 0.6) is 0 Å². The second-order valence-electron chi connectivity index (χ2n) is 1.82. The molecule has 2 nitrogen and oxygen atoms in total. The lowest BCUT2D eigenvalue weighted by molar-refractivity contribution is 0.322. The molecule has 1 N–H and O–H groups in total. The molecule has 0 fully saturated rings. The maximum absolute atomic E-state index is 8.21. The van der Waals surface area contributed by atoms with Gasteiger partial charge in [0, 0.05) is 9.85 Å². The Kier molecular flexibility index (Phi) is 2.45. The van der Waals surface area contributed by atoms with Gasteiger partial charge in [0.1, 0.15) is 0 Å². The highest BCUT2D eigenvalue weighted by molar-refractivity contribution is 9.10. The largest absolute Gasteiger partial charge is 0.411 e. The van der Waals surface area contributed by atoms with Crippen molar-refractivity contribution in [2.24, 2.45) is 5.16 Å². The number of hydrogen-bond acceptors (Lipinski definition) is 3. The van der Waals surface area contributed by atoms with Crippen molar-refractivity contribution < 1.29 is 5.21 Å². The van der Waals surface area contributed by atoms with Crippen molar-refractivity contribution in [2.45, 2.75) is 6.92 Å². The lowest BCUT2D eigenvalue weighted by atomic mass is 10.3. The molecule has 1 aromatic heterocycles. The average Bonchev–Trinajstić information content (AvgIpc) is 2.20. The average molecular weight is 220 g/mol. The topological polar surface area (TPSA) is 32.6 Å². The molecule has 1 heterocycles. The monoisotopic (exact) mass is 219 g/mol. The molecule has 0 spiro atoms. The zero-order valence-electron chi connectivity index (χ0n) is 5.34. The predicted octanol–water partition coefficient (Wildman–Crippen LogP) is 2.63. The first-order valence-electron chi connectivity index (χ1n) is 2.66. The molecule has 0 aliphatic heterocycles. The van der Waals surface area contributed by atoms with Gasteiger partial charge >= 0.3 is 0 Å². The minimum Gasteiger partial charge on any atom is -0.411 e. The Balaban J connectivity index is 3.05. The Bertz CT molecular complexity index is 256. The van der Waals surface area contributed by atoms with E-state index in [0.717, 1.165) is 14.9 Å². The number of nitrogens with zero attached hydrogens (tertiary/aromatic N) is 1. The van der Waals surface area contributed by atoms with Gasteiger partial charge in [0.25, 0.3) is 0 Å². The summed E-state index contributed by atoms with van der Waals surface area (Å²) < 4.78 is 1.06. The Morgan fingerprint density at radius 1 is 1.80 bits per heavy atom. The third-order valence-corrected chi connectivity index (χ3v) is 3.34. The van der Waals surface area contributed by atoms with Gasteiger partial charge in [0.15, 0.2) is 0 Å². The van der Waals surface area contributed by atoms with Crippen LogP contribution in [-0.4, -0.2) is 11.4 Å². The van der Waals surface area contributed by atoms with Gasteiger partial charge in [-0.15, -0.1) is 11.3 Å². The van der Waals surface area contributed by atoms with Gasteiger partial charge in [0.05, 0.1) is 11.1 Å². The SMILES string of the molecule is Cc1c(Br)csc1/C=N/O. The number of hydrogen-bond donors (Lipinski definition) is 1. The molecule has 1 rings (SSSR count). The molecular formula is C6H6BrNOS. The summed E-state index contributed by atoms with van der Waals surface area (Å²) in [6.45, 7) is 1.97. The van der Waals surface area contributed by atoms with Crippen LogP contribution in [0.4, 0.5) is 0 Å². The molecule has 0 saturated heterocycles. The van der Waals surface area contributed by atoms with E-state index in [2.05, 4.69) is 21.1 Å². The van der Waals surface area contributed by atoms with Crippen molar-refractivity contribution in [3.8, 4) is 0 Å². The van der Waals surface area contributed by atoms with Gasteiger partial charge in [-0.1, -0.05) is 5.16 Å². The lowest BCUT2D eigenvalue weighted by Gasteiger charge is -1.86. The first-order valence-corrected chi connectivity index (χ1v) is 4.34. The number of rotatable bonds is 1. The second-order valence-corrected chi connectivity index (χ2v) is 3.58. The van der Waals surface area contributed by atoms with Crippen LogP contribution in [0.3, 0.4) is 0 Å². The summed E-state index contributed by atoms with van der Waals surface area (Å²) in [7, 11) is 0. The zero-order chi connectivity index (χ0) is 7.56. The van der Waals surface area contributed by atoms with Crippen LogP contribution in [0.25, 0.3) is 0 Å². The van der Waals surface area contributed by atoms with Crippen LogP contribution in [0.2, 0.25) is 0 Å². The van der Waals surface area contributed by atoms with Crippen LogP contribution in [-0.2, 0) is 0 Å². The van der Waals surface area contributed by atoms with E-state index >= 15 is 0 Å². The maximum Gasteiger partial charge on any atom is 0.0836 e. The third kappa shape index (κ3) is 1.38. The highest BCUT2D eigenvalue weighted by atomic mass is 79.9. The molecule has 1 aromatic rings. The minimum atomic E-state index is 0.981. The molecule has 0 aliphatic rings. The van der Waals surface area contributed by atoms with Crippen molar-refractivity contribution in [3.05, 3.63) is 20.3 Å². The molecule has 0 unspecified atom stereocenters. The van der Waals surface area contributed by atoms with E-state index < -0.39 is 0 Å². The molecule has 0 saturated carbocycles. The van der Waals surface area contributed by atoms with Crippen molar-refractivity contribution in [3.63, 3.8) is 0 Å². The molecule has 54 valence electrons. The summed E-state index contributed by atoms with van der Waals surface area (Å²) in [4.78, 5) is 0.981. The highest BCUT2D eigenvalue weighted by Crippen LogP contribution is 2.24. The lowest BCUT2D eigenvalue weighted by Crippen LogP contribution is -1.77. The fourth-order valence-electron chi connectivity index (χ4n) is 0.589. The summed E-state index contributed by atoms with van der Waals surface area (Å²) in [6.07, 6.45) is 1.44. The van der Waals surface area contributed by atoms with Crippen LogP contribution >= 0.6 is 27.3 Å². The number of thiophene rings is 1. The van der Waals surface area contributed by atoms with Crippen LogP contribution in [0, 0.1) is 6.92 Å². The second kappa shape index (κ2) is 3.16. The molecule has 0 amide bonds. The third-order valence-electron chi connectivity index (χ3n) is 1.19. The van der Waals surface area contributed by atoms with E-state index in [4.69, 9.17) is 5.21 Å². The first-order chi connectivity index (χ1) is 4.75. The maximum atomic E-state index is 8.21. The summed E-state index contributed by atoms with van der Waals surface area (Å²) in [5.74, 6) is 0. The Morgan fingerprint density at radius 2 is 2.50 bits per heavy atom. The van der Waals surface area contributed by atoms with E-state index in [-0.39, 0.29) is 0 Å². The number of oxime groups is 1. The quantitative estimate of drug-likeness (QED) is 0.440. The van der Waals surface area contributed by atoms with Gasteiger partial charge in [-0.25, -0.2) is 0 Å². The van der Waals surface area contributed by atoms with Gasteiger partial charge in [-0.05, 0) is 28.4 Å². The molecule has 10 heavy (non-hydrogen) atoms. The van der Waals surface area contributed by atoms with E-state index in [1.807, 2.05) is 12.3 Å². The fourth-order valence-corrected chi connectivity index (χ4v) is 2.02. The van der Waals surface area contributed by atoms with Crippen LogP contribution in [0.15, 0.2) is 15.0 Å². The van der Waals surface area contributed by atoms with E-state index in [9.17, 15) is 0 Å². The van der Waals surface area contributed by atoms with Gasteiger partial charge in [-0.2, -0.15) is 0 Å². The standard InChI is InChI=1S/C6H6BrNOS/c1-4-5(7)3-10-6(4)2-8-9/h2-3,9H,1H3/b8-2+. The van der Waals surface area contributed by atoms with Crippen molar-refractivity contribution in [2.75, 3.05) is 0 Å². The predicted molar refractivity (Wildman–Crippen MR) is 46.1 cm³/mol. The molecule has 4 heteroatoms. The first kappa shape index (κ1) is 7.75. The summed E-state index contributed by atoms with van der Waals surface area (Å²) in [6, 6.07) is 0. The summed E-state index contributed by atoms with van der Waals surface area (Å²) in [5.41, 5.74) is 1.11. The Labute approximate surface area is 71.3 Å². The smallest absolute Gasteiger partial charge is 0.0836 e. The van der Waals surface area contributed by atoms with Crippen molar-refractivity contribution in [1.82, 2.24) is 0 Å². The fraction of sp³-hybridized carbons (Fsp3) is 0.167. The number of halogens is 1. The molecule has 0 atom stereocenters. The minimum absolute atomic E-state index is 0.981. The Morgan fingerprint density at radius 3 is 2.90 bits per heavy atom. The van der Waals surface area contributed by atoms with Gasteiger partial charge in [0.2, 0.25) is 0 Å². The van der Waals surface area contributed by atoms with Gasteiger partial charge < -0.3 is 5.21 Å². The molecule has 0 bridgehead atoms. The molecule has 0 aliphatic carbocycles. The van der Waals surface area contributed by atoms with Crippen molar-refractivity contribution in [1.29, 1.82) is 0 Å². The zero-order valence-corrected chi connectivity index (χ0v) is 7.74. The molecule has 0 radical (unpaired) electrons. The normalized spacial score (nSPS) is 11.0. The molecule has 0 aromatic carbocycles. The van der Waals surface area contributed by atoms with E-state index in [1.165, 1.54) is 6.21 Å². The van der Waals surface area contributed by atoms with Crippen LogP contribution < -0.4 is 0 Å². The highest BCUT2D eigenvalue weighted by Gasteiger charge is 2.01. The Hall–Kier alpha value is -0.350. The van der Waals surface area contributed by atoms with Crippen LogP contribution in [0.1, 0.15) is 10.4 Å². The van der Waals surface area contributed by atoms with E-state index in [1.54, 1.807) is 11.3 Å². The molecular weight excluding hydrogens is 214 g/mol. The summed E-state index contributed by atoms with van der Waals surface area (Å²) in [5, 5.41) is 13.1. The summed E-state index contributed by atoms with van der Waals surface area (Å²) >= 11 is 4.90.